The van der Waals surface area contributed by atoms with Gasteiger partial charge in [-0.25, -0.2) is 18.0 Å². The number of rotatable bonds is 12. The predicted molar refractivity (Wildman–Crippen MR) is 204 cm³/mol. The minimum absolute atomic E-state index is 0.00862. The van der Waals surface area contributed by atoms with Crippen molar-refractivity contribution in [2.45, 2.75) is 69.1 Å². The van der Waals surface area contributed by atoms with Crippen molar-refractivity contribution in [3.8, 4) is 0 Å². The van der Waals surface area contributed by atoms with Crippen LogP contribution in [0.5, 0.6) is 0 Å². The van der Waals surface area contributed by atoms with Gasteiger partial charge in [-0.15, -0.1) is 0 Å². The van der Waals surface area contributed by atoms with Crippen LogP contribution in [0.15, 0.2) is 102 Å². The molecule has 0 saturated carbocycles. The molecule has 2 amide bonds. The number of carbonyl (C=O) groups is 4. The summed E-state index contributed by atoms with van der Waals surface area (Å²) in [6.45, 7) is 8.79. The SMILES string of the molecule is COC(=O)c1ccc(C(=C\C2=[N+](C)c3ccccc3C2(C)C)/C=C2\N(CCCCCC(=O)ON3C(=O)C=CC3=O)c3ccc(S(=O)(=O)[O-])cc3C2(C)C)cc1. The average Bonchev–Trinajstić information content (AvgIpc) is 3.65. The molecule has 3 heterocycles. The van der Waals surface area contributed by atoms with Crippen LogP contribution >= 0.6 is 0 Å². The normalized spacial score (nSPS) is 17.9. The number of hydrogen-bond acceptors (Lipinski definition) is 10. The smallest absolute Gasteiger partial charge is 0.337 e. The van der Waals surface area contributed by atoms with Gasteiger partial charge in [0, 0.05) is 59.6 Å². The van der Waals surface area contributed by atoms with E-state index in [1.54, 1.807) is 18.2 Å². The highest BCUT2D eigenvalue weighted by Gasteiger charge is 2.44. The van der Waals surface area contributed by atoms with E-state index in [0.29, 0.717) is 42.0 Å². The summed E-state index contributed by atoms with van der Waals surface area (Å²) < 4.78 is 43.6. The third-order valence-electron chi connectivity index (χ3n) is 10.5. The van der Waals surface area contributed by atoms with Gasteiger partial charge >= 0.3 is 11.9 Å². The van der Waals surface area contributed by atoms with Gasteiger partial charge in [0.1, 0.15) is 17.2 Å². The third-order valence-corrected chi connectivity index (χ3v) is 11.4. The number of ether oxygens (including phenoxy) is 1. The molecule has 55 heavy (non-hydrogen) atoms. The predicted octanol–water partition coefficient (Wildman–Crippen LogP) is 6.09. The molecule has 0 spiro atoms. The summed E-state index contributed by atoms with van der Waals surface area (Å²) in [5.41, 5.74) is 6.51. The van der Waals surface area contributed by atoms with E-state index in [0.717, 1.165) is 46.1 Å². The molecule has 0 N–H and O–H groups in total. The van der Waals surface area contributed by atoms with Crippen LogP contribution in [0.1, 0.15) is 80.4 Å². The molecule has 3 aliphatic rings. The summed E-state index contributed by atoms with van der Waals surface area (Å²) in [5.74, 6) is -2.57. The van der Waals surface area contributed by atoms with Crippen molar-refractivity contribution in [2.75, 3.05) is 25.6 Å². The lowest BCUT2D eigenvalue weighted by atomic mass is 9.79. The largest absolute Gasteiger partial charge is 0.744 e. The Balaban J connectivity index is 1.38. The van der Waals surface area contributed by atoms with E-state index in [1.807, 2.05) is 45.2 Å². The molecule has 0 unspecified atom stereocenters. The minimum Gasteiger partial charge on any atom is -0.744 e. The number of hydroxylamine groups is 2. The zero-order valence-corrected chi connectivity index (χ0v) is 32.4. The Labute approximate surface area is 320 Å². The number of esters is 1. The van der Waals surface area contributed by atoms with Gasteiger partial charge in [-0.3, -0.25) is 9.59 Å². The standard InChI is InChI=1S/C42H43N3O9S/c1-41(2)31-12-9-10-13-33(31)43(5)35(41)24-29(27-15-17-28(18-16-27)40(49)53-6)25-36-42(3,4)32-26-30(55(50,51)52)19-20-34(32)44(36)23-11-7-8-14-39(48)54-45-37(46)21-22-38(45)47/h9-10,12-13,15-22,24-26H,7-8,11,14,23H2,1-6H3. The Morgan fingerprint density at radius 3 is 2.15 bits per heavy atom. The summed E-state index contributed by atoms with van der Waals surface area (Å²) in [6.07, 6.45) is 7.91. The number of fused-ring (bicyclic) bond motifs is 2. The van der Waals surface area contributed by atoms with Gasteiger partial charge in [-0.2, -0.15) is 4.58 Å². The van der Waals surface area contributed by atoms with Gasteiger partial charge in [0.2, 0.25) is 5.69 Å². The average molecular weight is 766 g/mol. The number of nitrogens with zero attached hydrogens (tertiary/aromatic N) is 3. The number of hydrogen-bond donors (Lipinski definition) is 0. The van der Waals surface area contributed by atoms with Crippen LogP contribution in [0.4, 0.5) is 11.4 Å². The van der Waals surface area contributed by atoms with Crippen molar-refractivity contribution in [3.63, 3.8) is 0 Å². The molecule has 13 heteroatoms. The molecule has 6 rings (SSSR count). The zero-order chi connectivity index (χ0) is 39.9. The Bertz CT molecular complexity index is 2320. The second-order valence-corrected chi connectivity index (χ2v) is 16.2. The summed E-state index contributed by atoms with van der Waals surface area (Å²) in [4.78, 5) is 55.1. The first kappa shape index (κ1) is 39.0. The lowest BCUT2D eigenvalue weighted by molar-refractivity contribution is -0.401. The highest BCUT2D eigenvalue weighted by Crippen LogP contribution is 2.50. The van der Waals surface area contributed by atoms with Gasteiger partial charge < -0.3 is 19.0 Å². The van der Waals surface area contributed by atoms with Crippen LogP contribution in [-0.2, 0) is 44.9 Å². The Hall–Kier alpha value is -5.66. The van der Waals surface area contributed by atoms with Crippen molar-refractivity contribution in [1.82, 2.24) is 5.06 Å². The highest BCUT2D eigenvalue weighted by molar-refractivity contribution is 7.85. The number of imide groups is 1. The molecule has 0 radical (unpaired) electrons. The fourth-order valence-corrected chi connectivity index (χ4v) is 8.03. The van der Waals surface area contributed by atoms with Gasteiger partial charge in [0.05, 0.1) is 23.0 Å². The molecule has 3 aromatic rings. The molecule has 0 aromatic heterocycles. The van der Waals surface area contributed by atoms with E-state index in [1.165, 1.54) is 24.8 Å². The van der Waals surface area contributed by atoms with Crippen molar-refractivity contribution < 1.29 is 46.3 Å². The highest BCUT2D eigenvalue weighted by atomic mass is 32.2. The molecule has 3 aliphatic heterocycles. The van der Waals surface area contributed by atoms with E-state index >= 15 is 0 Å². The second-order valence-electron chi connectivity index (χ2n) is 14.8. The number of unbranched alkanes of at least 4 members (excludes halogenated alkanes) is 2. The molecule has 0 atom stereocenters. The van der Waals surface area contributed by atoms with Crippen molar-refractivity contribution in [3.05, 3.63) is 119 Å². The molecule has 0 bridgehead atoms. The van der Waals surface area contributed by atoms with E-state index in [2.05, 4.69) is 47.6 Å². The number of carbonyl (C=O) groups excluding carboxylic acids is 4. The van der Waals surface area contributed by atoms with Gasteiger partial charge in [-0.05, 0) is 79.8 Å². The molecule has 3 aromatic carbocycles. The number of benzene rings is 3. The van der Waals surface area contributed by atoms with Crippen LogP contribution in [-0.4, -0.2) is 72.8 Å². The van der Waals surface area contributed by atoms with Crippen molar-refractivity contribution in [2.24, 2.45) is 0 Å². The van der Waals surface area contributed by atoms with Crippen LogP contribution < -0.4 is 4.90 Å². The maximum atomic E-state index is 12.4. The first-order valence-corrected chi connectivity index (χ1v) is 19.3. The Morgan fingerprint density at radius 2 is 1.51 bits per heavy atom. The monoisotopic (exact) mass is 765 g/mol. The summed E-state index contributed by atoms with van der Waals surface area (Å²) in [6, 6.07) is 19.8. The first-order chi connectivity index (χ1) is 25.9. The first-order valence-electron chi connectivity index (χ1n) is 17.9. The molecule has 12 nitrogen and oxygen atoms in total. The van der Waals surface area contributed by atoms with E-state index in [-0.39, 0.29) is 16.7 Å². The van der Waals surface area contributed by atoms with Crippen LogP contribution in [0, 0.1) is 0 Å². The topological polar surface area (TPSA) is 153 Å². The molecular weight excluding hydrogens is 723 g/mol. The molecular formula is C42H43N3O9S. The quantitative estimate of drug-likeness (QED) is 0.0696. The van der Waals surface area contributed by atoms with Gasteiger partial charge in [0.15, 0.2) is 5.71 Å². The van der Waals surface area contributed by atoms with Crippen molar-refractivity contribution >= 4 is 56.5 Å². The number of methoxy groups -OCH3 is 1. The lowest BCUT2D eigenvalue weighted by Crippen LogP contribution is -2.32. The third kappa shape index (κ3) is 7.54. The van der Waals surface area contributed by atoms with Crippen molar-refractivity contribution in [1.29, 1.82) is 0 Å². The number of para-hydroxylation sites is 1. The Kier molecular flexibility index (Phi) is 10.6. The summed E-state index contributed by atoms with van der Waals surface area (Å²) >= 11 is 0. The van der Waals surface area contributed by atoms with E-state index in [4.69, 9.17) is 9.57 Å². The maximum absolute atomic E-state index is 12.4. The zero-order valence-electron chi connectivity index (χ0n) is 31.6. The second kappa shape index (κ2) is 14.9. The van der Waals surface area contributed by atoms with E-state index in [9.17, 15) is 32.1 Å². The van der Waals surface area contributed by atoms with Crippen LogP contribution in [0.2, 0.25) is 0 Å². The molecule has 0 aliphatic carbocycles. The summed E-state index contributed by atoms with van der Waals surface area (Å²) in [5, 5.41) is 0.439. The maximum Gasteiger partial charge on any atom is 0.337 e. The van der Waals surface area contributed by atoms with Crippen LogP contribution in [0.25, 0.3) is 5.57 Å². The van der Waals surface area contributed by atoms with Crippen LogP contribution in [0.3, 0.4) is 0 Å². The molecule has 0 fully saturated rings. The van der Waals surface area contributed by atoms with E-state index < -0.39 is 39.3 Å². The number of anilines is 1. The fourth-order valence-electron chi connectivity index (χ4n) is 7.53. The van der Waals surface area contributed by atoms with Gasteiger partial charge in [-0.1, -0.05) is 55.7 Å². The Morgan fingerprint density at radius 1 is 0.855 bits per heavy atom. The molecule has 0 saturated heterocycles. The number of allylic oxidation sites excluding steroid dienone is 4. The lowest BCUT2D eigenvalue weighted by Gasteiger charge is -2.28. The summed E-state index contributed by atoms with van der Waals surface area (Å²) in [7, 11) is -1.37. The number of amides is 2. The van der Waals surface area contributed by atoms with Gasteiger partial charge in [0.25, 0.3) is 11.8 Å². The fraction of sp³-hybridized carbons (Fsp3) is 0.310. The molecule has 286 valence electrons. The minimum atomic E-state index is -4.74.